The number of carbonyl (C=O) groups excluding carboxylic acids is 1. The molecule has 0 saturated heterocycles. The topological polar surface area (TPSA) is 44.1 Å². The SMILES string of the molecule is O=C1Cc2nn(-c3ccccc3OC(F)(F)F)c(-c3ccc(Cl)cc3)c2C1. The van der Waals surface area contributed by atoms with Gasteiger partial charge in [0.25, 0.3) is 0 Å². The average molecular weight is 393 g/mol. The van der Waals surface area contributed by atoms with Gasteiger partial charge < -0.3 is 4.74 Å². The maximum atomic E-state index is 12.8. The summed E-state index contributed by atoms with van der Waals surface area (Å²) in [6.45, 7) is 0. The van der Waals surface area contributed by atoms with E-state index in [0.717, 1.165) is 0 Å². The Morgan fingerprint density at radius 1 is 1.04 bits per heavy atom. The number of alkyl halides is 3. The monoisotopic (exact) mass is 392 g/mol. The van der Waals surface area contributed by atoms with Crippen molar-refractivity contribution in [2.75, 3.05) is 0 Å². The number of ether oxygens (including phenoxy) is 1. The van der Waals surface area contributed by atoms with Crippen molar-refractivity contribution >= 4 is 17.4 Å². The summed E-state index contributed by atoms with van der Waals surface area (Å²) in [6, 6.07) is 12.6. The second-order valence-electron chi connectivity index (χ2n) is 6.10. The number of aromatic nitrogens is 2. The van der Waals surface area contributed by atoms with Crippen LogP contribution in [0.2, 0.25) is 5.02 Å². The second-order valence-corrected chi connectivity index (χ2v) is 6.54. The highest BCUT2D eigenvalue weighted by molar-refractivity contribution is 6.30. The summed E-state index contributed by atoms with van der Waals surface area (Å²) in [5, 5.41) is 4.94. The molecule has 0 bridgehead atoms. The number of para-hydroxylation sites is 2. The Labute approximate surface area is 157 Å². The number of ketones is 1. The molecule has 27 heavy (non-hydrogen) atoms. The van der Waals surface area contributed by atoms with Gasteiger partial charge in [0.1, 0.15) is 11.5 Å². The standard InChI is InChI=1S/C19H12ClF3N2O2/c20-12-7-5-11(6-8-12)18-14-9-13(26)10-15(14)24-25(18)16-3-1-2-4-17(16)27-19(21,22)23/h1-8H,9-10H2. The lowest BCUT2D eigenvalue weighted by Crippen LogP contribution is -2.18. The molecule has 2 aromatic carbocycles. The van der Waals surface area contributed by atoms with Crippen LogP contribution in [0.25, 0.3) is 16.9 Å². The molecule has 0 unspecified atom stereocenters. The third-order valence-electron chi connectivity index (χ3n) is 4.24. The Kier molecular flexibility index (Phi) is 4.19. The zero-order valence-corrected chi connectivity index (χ0v) is 14.5. The number of halogens is 4. The van der Waals surface area contributed by atoms with Gasteiger partial charge in [0.2, 0.25) is 0 Å². The van der Waals surface area contributed by atoms with E-state index in [4.69, 9.17) is 11.6 Å². The molecule has 0 atom stereocenters. The molecular formula is C19H12ClF3N2O2. The number of hydrogen-bond donors (Lipinski definition) is 0. The lowest BCUT2D eigenvalue weighted by molar-refractivity contribution is -0.274. The molecule has 4 rings (SSSR count). The Morgan fingerprint density at radius 3 is 2.44 bits per heavy atom. The van der Waals surface area contributed by atoms with Crippen molar-refractivity contribution in [3.63, 3.8) is 0 Å². The number of rotatable bonds is 3. The molecule has 0 spiro atoms. The van der Waals surface area contributed by atoms with Crippen molar-refractivity contribution in [1.29, 1.82) is 0 Å². The van der Waals surface area contributed by atoms with Crippen LogP contribution in [-0.2, 0) is 17.6 Å². The van der Waals surface area contributed by atoms with Gasteiger partial charge in [-0.05, 0) is 24.3 Å². The van der Waals surface area contributed by atoms with Gasteiger partial charge in [-0.2, -0.15) is 5.10 Å². The molecule has 0 fully saturated rings. The van der Waals surface area contributed by atoms with Crippen LogP contribution in [0.5, 0.6) is 5.75 Å². The van der Waals surface area contributed by atoms with E-state index >= 15 is 0 Å². The summed E-state index contributed by atoms with van der Waals surface area (Å²) in [6.07, 6.45) is -4.48. The predicted molar refractivity (Wildman–Crippen MR) is 93.1 cm³/mol. The molecular weight excluding hydrogens is 381 g/mol. The molecule has 138 valence electrons. The van der Waals surface area contributed by atoms with E-state index in [1.807, 2.05) is 0 Å². The van der Waals surface area contributed by atoms with Crippen LogP contribution in [-0.4, -0.2) is 21.9 Å². The van der Waals surface area contributed by atoms with E-state index in [-0.39, 0.29) is 30.1 Å². The second kappa shape index (κ2) is 6.42. The minimum absolute atomic E-state index is 0.0229. The molecule has 1 heterocycles. The van der Waals surface area contributed by atoms with Gasteiger partial charge in [-0.25, -0.2) is 4.68 Å². The highest BCUT2D eigenvalue weighted by Crippen LogP contribution is 2.37. The van der Waals surface area contributed by atoms with Crippen molar-refractivity contribution in [2.45, 2.75) is 19.2 Å². The maximum absolute atomic E-state index is 12.8. The minimum atomic E-state index is -4.83. The molecule has 8 heteroatoms. The van der Waals surface area contributed by atoms with Crippen molar-refractivity contribution in [1.82, 2.24) is 9.78 Å². The number of nitrogens with zero attached hydrogens (tertiary/aromatic N) is 2. The Hall–Kier alpha value is -2.80. The van der Waals surface area contributed by atoms with Crippen molar-refractivity contribution in [2.24, 2.45) is 0 Å². The van der Waals surface area contributed by atoms with Gasteiger partial charge >= 0.3 is 6.36 Å². The zero-order valence-electron chi connectivity index (χ0n) is 13.8. The predicted octanol–water partition coefficient (Wildman–Crippen LogP) is 4.76. The number of fused-ring (bicyclic) bond motifs is 1. The quantitative estimate of drug-likeness (QED) is 0.645. The number of hydrogen-bond acceptors (Lipinski definition) is 3. The fourth-order valence-electron chi connectivity index (χ4n) is 3.19. The van der Waals surface area contributed by atoms with E-state index in [0.29, 0.717) is 27.5 Å². The van der Waals surface area contributed by atoms with Crippen molar-refractivity contribution in [3.05, 3.63) is 64.8 Å². The normalized spacial score (nSPS) is 13.7. The molecule has 0 amide bonds. The molecule has 1 aliphatic rings. The first-order valence-electron chi connectivity index (χ1n) is 8.05. The Morgan fingerprint density at radius 2 is 1.74 bits per heavy atom. The first kappa shape index (κ1) is 17.6. The summed E-state index contributed by atoms with van der Waals surface area (Å²) in [5.74, 6) is -0.345. The number of benzene rings is 2. The summed E-state index contributed by atoms with van der Waals surface area (Å²) in [7, 11) is 0. The molecule has 4 nitrogen and oxygen atoms in total. The zero-order chi connectivity index (χ0) is 19.2. The van der Waals surface area contributed by atoms with E-state index in [2.05, 4.69) is 9.84 Å². The van der Waals surface area contributed by atoms with E-state index in [1.165, 1.54) is 22.9 Å². The first-order valence-corrected chi connectivity index (χ1v) is 8.43. The van der Waals surface area contributed by atoms with E-state index in [9.17, 15) is 18.0 Å². The van der Waals surface area contributed by atoms with Gasteiger partial charge in [0.15, 0.2) is 5.75 Å². The smallest absolute Gasteiger partial charge is 0.403 e. The summed E-state index contributed by atoms with van der Waals surface area (Å²) >= 11 is 5.95. The molecule has 0 saturated carbocycles. The molecule has 1 aliphatic carbocycles. The summed E-state index contributed by atoms with van der Waals surface area (Å²) < 4.78 is 44.0. The lowest BCUT2D eigenvalue weighted by Gasteiger charge is -2.15. The third-order valence-corrected chi connectivity index (χ3v) is 4.49. The highest BCUT2D eigenvalue weighted by Gasteiger charge is 2.34. The molecule has 3 aromatic rings. The van der Waals surface area contributed by atoms with Crippen LogP contribution in [0.3, 0.4) is 0 Å². The van der Waals surface area contributed by atoms with Crippen molar-refractivity contribution in [3.8, 4) is 22.7 Å². The van der Waals surface area contributed by atoms with Crippen LogP contribution in [0, 0.1) is 0 Å². The Bertz CT molecular complexity index is 1030. The fraction of sp³-hybridized carbons (Fsp3) is 0.158. The summed E-state index contributed by atoms with van der Waals surface area (Å²) in [4.78, 5) is 11.9. The third kappa shape index (κ3) is 3.42. The van der Waals surface area contributed by atoms with Gasteiger partial charge in [-0.3, -0.25) is 4.79 Å². The maximum Gasteiger partial charge on any atom is 0.573 e. The summed E-state index contributed by atoms with van der Waals surface area (Å²) in [5.41, 5.74) is 2.67. The highest BCUT2D eigenvalue weighted by atomic mass is 35.5. The Balaban J connectivity index is 1.92. The van der Waals surface area contributed by atoms with Crippen LogP contribution >= 0.6 is 11.6 Å². The van der Waals surface area contributed by atoms with E-state index < -0.39 is 6.36 Å². The van der Waals surface area contributed by atoms with Crippen LogP contribution in [0.4, 0.5) is 13.2 Å². The van der Waals surface area contributed by atoms with Gasteiger partial charge in [0.05, 0.1) is 17.8 Å². The first-order chi connectivity index (χ1) is 12.8. The van der Waals surface area contributed by atoms with Crippen LogP contribution in [0.15, 0.2) is 48.5 Å². The van der Waals surface area contributed by atoms with Gasteiger partial charge in [0, 0.05) is 22.6 Å². The average Bonchev–Trinajstić information content (AvgIpc) is 3.11. The molecule has 1 aromatic heterocycles. The van der Waals surface area contributed by atoms with Crippen LogP contribution < -0.4 is 4.74 Å². The molecule has 0 radical (unpaired) electrons. The lowest BCUT2D eigenvalue weighted by atomic mass is 10.1. The van der Waals surface area contributed by atoms with E-state index in [1.54, 1.807) is 30.3 Å². The molecule has 0 aliphatic heterocycles. The fourth-order valence-corrected chi connectivity index (χ4v) is 3.32. The number of carbonyl (C=O) groups is 1. The number of Topliss-reactive ketones (excluding diaryl/α,β-unsaturated/α-hetero) is 1. The van der Waals surface area contributed by atoms with Gasteiger partial charge in [-0.15, -0.1) is 13.2 Å². The molecule has 0 N–H and O–H groups in total. The van der Waals surface area contributed by atoms with Crippen molar-refractivity contribution < 1.29 is 22.7 Å². The van der Waals surface area contributed by atoms with Gasteiger partial charge in [-0.1, -0.05) is 35.9 Å². The largest absolute Gasteiger partial charge is 0.573 e. The van der Waals surface area contributed by atoms with Crippen LogP contribution in [0.1, 0.15) is 11.3 Å². The minimum Gasteiger partial charge on any atom is -0.403 e.